The van der Waals surface area contributed by atoms with Crippen LogP contribution in [-0.2, 0) is 19.1 Å². The molecule has 162 valence electrons. The van der Waals surface area contributed by atoms with Crippen molar-refractivity contribution in [2.24, 2.45) is 0 Å². The number of nitrogens with zero attached hydrogens (tertiary/aromatic N) is 1. The molecule has 2 atom stereocenters. The quantitative estimate of drug-likeness (QED) is 0.280. The molecule has 0 aliphatic carbocycles. The van der Waals surface area contributed by atoms with Gasteiger partial charge in [0, 0.05) is 4.90 Å². The number of benzene rings is 2. The highest BCUT2D eigenvalue weighted by Gasteiger charge is 2.52. The summed E-state index contributed by atoms with van der Waals surface area (Å²) >= 11 is 1.28. The second-order valence-electron chi connectivity index (χ2n) is 6.60. The van der Waals surface area contributed by atoms with Gasteiger partial charge in [-0.15, -0.1) is 0 Å². The van der Waals surface area contributed by atoms with Crippen molar-refractivity contribution in [3.63, 3.8) is 0 Å². The number of β-lactam (4-membered cyclic amide) rings is 1. The number of thioether (sulfide) groups is 1. The van der Waals surface area contributed by atoms with Crippen molar-refractivity contribution in [1.29, 1.82) is 0 Å². The minimum atomic E-state index is -0.906. The van der Waals surface area contributed by atoms with Crippen molar-refractivity contribution in [2.75, 3.05) is 13.7 Å². The molecule has 3 rings (SSSR count). The molecule has 1 aliphatic heterocycles. The molecule has 0 radical (unpaired) electrons. The van der Waals surface area contributed by atoms with Crippen LogP contribution in [0.1, 0.15) is 6.92 Å². The summed E-state index contributed by atoms with van der Waals surface area (Å²) in [6.45, 7) is 1.03. The second kappa shape index (κ2) is 10.0. The van der Waals surface area contributed by atoms with E-state index >= 15 is 0 Å². The van der Waals surface area contributed by atoms with Crippen molar-refractivity contribution in [2.45, 2.75) is 23.2 Å². The number of aliphatic hydroxyl groups excluding tert-OH is 1. The van der Waals surface area contributed by atoms with E-state index < -0.39 is 29.2 Å². The Morgan fingerprint density at radius 3 is 2.29 bits per heavy atom. The Morgan fingerprint density at radius 2 is 1.71 bits per heavy atom. The third-order valence-corrected chi connectivity index (χ3v) is 5.70. The third kappa shape index (κ3) is 5.18. The number of esters is 1. The van der Waals surface area contributed by atoms with Crippen LogP contribution < -0.4 is 10.1 Å². The van der Waals surface area contributed by atoms with E-state index in [1.807, 2.05) is 36.4 Å². The summed E-state index contributed by atoms with van der Waals surface area (Å²) in [5, 5.41) is 12.0. The number of para-hydroxylation sites is 1. The summed E-state index contributed by atoms with van der Waals surface area (Å²) in [4.78, 5) is 39.4. The highest BCUT2D eigenvalue weighted by Crippen LogP contribution is 2.38. The summed E-state index contributed by atoms with van der Waals surface area (Å²) in [5.41, 5.74) is -0.257. The van der Waals surface area contributed by atoms with E-state index in [1.165, 1.54) is 18.7 Å². The Balaban J connectivity index is 1.76. The topological polar surface area (TPSA) is 105 Å². The van der Waals surface area contributed by atoms with E-state index in [4.69, 9.17) is 9.47 Å². The van der Waals surface area contributed by atoms with Gasteiger partial charge in [0.15, 0.2) is 12.3 Å². The van der Waals surface area contributed by atoms with E-state index in [-0.39, 0.29) is 18.1 Å². The molecule has 0 bridgehead atoms. The van der Waals surface area contributed by atoms with Crippen LogP contribution >= 0.6 is 11.8 Å². The number of nitrogens with one attached hydrogen (secondary N) is 1. The number of ether oxygens (including phenoxy) is 2. The van der Waals surface area contributed by atoms with E-state index in [2.05, 4.69) is 5.32 Å². The van der Waals surface area contributed by atoms with Crippen molar-refractivity contribution in [1.82, 2.24) is 10.2 Å². The summed E-state index contributed by atoms with van der Waals surface area (Å²) in [6, 6.07) is 17.1. The van der Waals surface area contributed by atoms with Gasteiger partial charge < -0.3 is 19.9 Å². The van der Waals surface area contributed by atoms with Crippen LogP contribution in [0, 0.1) is 0 Å². The van der Waals surface area contributed by atoms with Gasteiger partial charge in [-0.2, -0.15) is 0 Å². The number of rotatable bonds is 8. The molecule has 1 aliphatic rings. The molecular weight excluding hydrogens is 420 g/mol. The van der Waals surface area contributed by atoms with Gasteiger partial charge in [0.2, 0.25) is 0 Å². The monoisotopic (exact) mass is 442 g/mol. The fourth-order valence-electron chi connectivity index (χ4n) is 2.99. The number of hydrogen-bond donors (Lipinski definition) is 2. The van der Waals surface area contributed by atoms with Crippen molar-refractivity contribution < 1.29 is 29.0 Å². The second-order valence-corrected chi connectivity index (χ2v) is 7.79. The standard InChI is InChI=1S/C22H22N2O6S/c1-14(25)19(22(28)29-2)24-20(27)18(21(24)31-16-11-7-4-8-12-16)23-17(26)13-30-15-9-5-3-6-10-15/h3-12,18,21,25H,13H2,1-2H3,(H,23,26)/b19-14+/t18-,21-/m1/s1. The van der Waals surface area contributed by atoms with Crippen LogP contribution in [0.4, 0.5) is 0 Å². The van der Waals surface area contributed by atoms with Gasteiger partial charge in [-0.05, 0) is 31.2 Å². The Labute approximate surface area is 183 Å². The minimum absolute atomic E-state index is 0.257. The molecule has 0 spiro atoms. The number of hydrogen-bond acceptors (Lipinski definition) is 7. The number of carbonyl (C=O) groups is 3. The number of aliphatic hydroxyl groups is 1. The van der Waals surface area contributed by atoms with Gasteiger partial charge in [-0.3, -0.25) is 14.5 Å². The van der Waals surface area contributed by atoms with Gasteiger partial charge >= 0.3 is 5.97 Å². The maximum Gasteiger partial charge on any atom is 0.358 e. The van der Waals surface area contributed by atoms with Crippen molar-refractivity contribution >= 4 is 29.5 Å². The first-order valence-electron chi connectivity index (χ1n) is 9.42. The van der Waals surface area contributed by atoms with E-state index in [9.17, 15) is 19.5 Å². The largest absolute Gasteiger partial charge is 0.510 e. The zero-order valence-corrected chi connectivity index (χ0v) is 17.8. The lowest BCUT2D eigenvalue weighted by Crippen LogP contribution is -2.69. The molecule has 9 heteroatoms. The third-order valence-electron chi connectivity index (χ3n) is 4.44. The highest BCUT2D eigenvalue weighted by molar-refractivity contribution is 8.00. The summed E-state index contributed by atoms with van der Waals surface area (Å²) in [5.74, 6) is -1.68. The number of likely N-dealkylation sites (tertiary alicyclic amines) is 1. The van der Waals surface area contributed by atoms with Gasteiger partial charge in [0.1, 0.15) is 22.9 Å². The molecule has 0 unspecified atom stereocenters. The molecule has 2 amide bonds. The Hall–Kier alpha value is -3.46. The van der Waals surface area contributed by atoms with Crippen LogP contribution in [0.2, 0.25) is 0 Å². The van der Waals surface area contributed by atoms with Crippen molar-refractivity contribution in [3.8, 4) is 5.75 Å². The highest BCUT2D eigenvalue weighted by atomic mass is 32.2. The van der Waals surface area contributed by atoms with E-state index in [0.29, 0.717) is 5.75 Å². The smallest absolute Gasteiger partial charge is 0.358 e. The summed E-state index contributed by atoms with van der Waals surface area (Å²) in [7, 11) is 1.16. The van der Waals surface area contributed by atoms with E-state index in [0.717, 1.165) is 16.9 Å². The van der Waals surface area contributed by atoms with E-state index in [1.54, 1.807) is 24.3 Å². The van der Waals surface area contributed by atoms with Gasteiger partial charge in [0.25, 0.3) is 11.8 Å². The molecule has 2 aromatic carbocycles. The predicted octanol–water partition coefficient (Wildman–Crippen LogP) is 2.47. The lowest BCUT2D eigenvalue weighted by Gasteiger charge is -2.46. The molecular formula is C22H22N2O6S. The molecule has 0 saturated carbocycles. The molecule has 8 nitrogen and oxygen atoms in total. The van der Waals surface area contributed by atoms with Crippen LogP contribution in [0.15, 0.2) is 77.0 Å². The summed E-state index contributed by atoms with van der Waals surface area (Å²) < 4.78 is 10.1. The number of carbonyl (C=O) groups excluding carboxylic acids is 3. The maximum absolute atomic E-state index is 12.8. The summed E-state index contributed by atoms with van der Waals surface area (Å²) in [6.07, 6.45) is 0. The zero-order valence-electron chi connectivity index (χ0n) is 17.0. The lowest BCUT2D eigenvalue weighted by atomic mass is 10.1. The molecule has 1 heterocycles. The number of methoxy groups -OCH3 is 1. The maximum atomic E-state index is 12.8. The molecule has 2 aromatic rings. The molecule has 31 heavy (non-hydrogen) atoms. The first-order valence-corrected chi connectivity index (χ1v) is 10.3. The Kier molecular flexibility index (Phi) is 7.19. The fourth-order valence-corrected chi connectivity index (χ4v) is 4.22. The van der Waals surface area contributed by atoms with Crippen LogP contribution in [0.25, 0.3) is 0 Å². The lowest BCUT2D eigenvalue weighted by molar-refractivity contribution is -0.152. The van der Waals surface area contributed by atoms with Crippen LogP contribution in [0.5, 0.6) is 5.75 Å². The first kappa shape index (κ1) is 22.2. The zero-order chi connectivity index (χ0) is 22.4. The molecule has 1 saturated heterocycles. The minimum Gasteiger partial charge on any atom is -0.510 e. The van der Waals surface area contributed by atoms with Crippen molar-refractivity contribution in [3.05, 3.63) is 72.1 Å². The molecule has 2 N–H and O–H groups in total. The predicted molar refractivity (Wildman–Crippen MR) is 114 cm³/mol. The molecule has 0 aromatic heterocycles. The fraction of sp³-hybridized carbons (Fsp3) is 0.227. The SMILES string of the molecule is COC(=O)/C(=C(/C)O)N1C(=O)[C@@H](NC(=O)COc2ccccc2)[C@H]1Sc1ccccc1. The Morgan fingerprint density at radius 1 is 1.10 bits per heavy atom. The van der Waals surface area contributed by atoms with Gasteiger partial charge in [0.05, 0.1) is 7.11 Å². The average Bonchev–Trinajstić information content (AvgIpc) is 2.79. The average molecular weight is 442 g/mol. The number of amides is 2. The van der Waals surface area contributed by atoms with Gasteiger partial charge in [-0.25, -0.2) is 4.79 Å². The normalized spacial score (nSPS) is 18.5. The molecule has 1 fully saturated rings. The number of allylic oxidation sites excluding steroid dienone is 1. The van der Waals surface area contributed by atoms with Crippen LogP contribution in [0.3, 0.4) is 0 Å². The van der Waals surface area contributed by atoms with Crippen LogP contribution in [-0.4, -0.2) is 52.9 Å². The Bertz CT molecular complexity index is 976. The van der Waals surface area contributed by atoms with Gasteiger partial charge in [-0.1, -0.05) is 48.2 Å². The first-order chi connectivity index (χ1) is 14.9.